The Balaban J connectivity index is 2.61. The van der Waals surface area contributed by atoms with Crippen LogP contribution in [0, 0.1) is 0 Å². The Morgan fingerprint density at radius 3 is 2.47 bits per heavy atom. The average molecular weight is 208 g/mol. The standard InChI is InChI=1S/C10H12N2O3/c1-7(12-11)9(13)15-10(14)8-5-3-2-4-6-8/h2-7,12H,11H2,1H3. The second kappa shape index (κ2) is 5.23. The first-order valence-electron chi connectivity index (χ1n) is 4.42. The van der Waals surface area contributed by atoms with Gasteiger partial charge in [0.1, 0.15) is 6.04 Å². The van der Waals surface area contributed by atoms with E-state index < -0.39 is 18.0 Å². The lowest BCUT2D eigenvalue weighted by molar-refractivity contribution is -0.139. The molecule has 3 N–H and O–H groups in total. The number of hydrogen-bond donors (Lipinski definition) is 2. The van der Waals surface area contributed by atoms with Crippen molar-refractivity contribution in [1.82, 2.24) is 5.43 Å². The fourth-order valence-corrected chi connectivity index (χ4v) is 0.881. The van der Waals surface area contributed by atoms with Crippen LogP contribution >= 0.6 is 0 Å². The third-order valence-corrected chi connectivity index (χ3v) is 1.81. The molecule has 5 heteroatoms. The molecular formula is C10H12N2O3. The number of esters is 2. The molecule has 0 amide bonds. The normalized spacial score (nSPS) is 11.9. The number of nitrogens with one attached hydrogen (secondary N) is 1. The summed E-state index contributed by atoms with van der Waals surface area (Å²) in [5.41, 5.74) is 2.52. The molecule has 0 aliphatic rings. The summed E-state index contributed by atoms with van der Waals surface area (Å²) in [4.78, 5) is 22.5. The Labute approximate surface area is 87.2 Å². The first kappa shape index (κ1) is 11.4. The average Bonchev–Trinajstić information content (AvgIpc) is 2.29. The summed E-state index contributed by atoms with van der Waals surface area (Å²) in [6, 6.07) is 7.56. The van der Waals surface area contributed by atoms with E-state index in [-0.39, 0.29) is 0 Å². The van der Waals surface area contributed by atoms with Crippen molar-refractivity contribution in [2.45, 2.75) is 13.0 Å². The van der Waals surface area contributed by atoms with Crippen LogP contribution in [-0.2, 0) is 9.53 Å². The van der Waals surface area contributed by atoms with E-state index in [1.165, 1.54) is 6.92 Å². The molecule has 0 aromatic heterocycles. The van der Waals surface area contributed by atoms with Crippen LogP contribution in [0.5, 0.6) is 0 Å². The Morgan fingerprint density at radius 2 is 1.93 bits per heavy atom. The van der Waals surface area contributed by atoms with Crippen molar-refractivity contribution in [2.24, 2.45) is 5.84 Å². The van der Waals surface area contributed by atoms with Gasteiger partial charge in [-0.3, -0.25) is 5.84 Å². The number of nitrogens with two attached hydrogens (primary N) is 1. The van der Waals surface area contributed by atoms with Crippen LogP contribution in [-0.4, -0.2) is 18.0 Å². The molecule has 1 atom stereocenters. The highest BCUT2D eigenvalue weighted by molar-refractivity contribution is 5.97. The van der Waals surface area contributed by atoms with Crippen molar-refractivity contribution in [1.29, 1.82) is 0 Å². The van der Waals surface area contributed by atoms with E-state index in [0.717, 1.165) is 0 Å². The predicted octanol–water partition coefficient (Wildman–Crippen LogP) is 0.222. The van der Waals surface area contributed by atoms with Crippen LogP contribution in [0.1, 0.15) is 17.3 Å². The number of ether oxygens (including phenoxy) is 1. The summed E-state index contributed by atoms with van der Waals surface area (Å²) in [5.74, 6) is 3.64. The van der Waals surface area contributed by atoms with Gasteiger partial charge < -0.3 is 4.74 Å². The molecule has 0 radical (unpaired) electrons. The van der Waals surface area contributed by atoms with Crippen LogP contribution in [0.2, 0.25) is 0 Å². The third kappa shape index (κ3) is 3.16. The van der Waals surface area contributed by atoms with Gasteiger partial charge in [-0.1, -0.05) is 18.2 Å². The zero-order valence-electron chi connectivity index (χ0n) is 8.27. The van der Waals surface area contributed by atoms with Crippen molar-refractivity contribution >= 4 is 11.9 Å². The number of carbonyl (C=O) groups excluding carboxylic acids is 2. The van der Waals surface area contributed by atoms with Gasteiger partial charge in [0.05, 0.1) is 5.56 Å². The van der Waals surface area contributed by atoms with Gasteiger partial charge in [-0.2, -0.15) is 0 Å². The summed E-state index contributed by atoms with van der Waals surface area (Å²) >= 11 is 0. The van der Waals surface area contributed by atoms with E-state index in [1.807, 2.05) is 0 Å². The molecule has 1 unspecified atom stereocenters. The van der Waals surface area contributed by atoms with Crippen molar-refractivity contribution < 1.29 is 14.3 Å². The van der Waals surface area contributed by atoms with Gasteiger partial charge in [0.25, 0.3) is 0 Å². The van der Waals surface area contributed by atoms with E-state index in [4.69, 9.17) is 5.84 Å². The smallest absolute Gasteiger partial charge is 0.345 e. The lowest BCUT2D eigenvalue weighted by atomic mass is 10.2. The highest BCUT2D eigenvalue weighted by Crippen LogP contribution is 2.01. The number of benzene rings is 1. The summed E-state index contributed by atoms with van der Waals surface area (Å²) in [6.07, 6.45) is 0. The molecule has 0 fully saturated rings. The van der Waals surface area contributed by atoms with E-state index in [1.54, 1.807) is 30.3 Å². The molecule has 0 aliphatic carbocycles. The Bertz CT molecular complexity index is 351. The van der Waals surface area contributed by atoms with Gasteiger partial charge in [-0.05, 0) is 19.1 Å². The molecule has 0 spiro atoms. The molecule has 0 aliphatic heterocycles. The Morgan fingerprint density at radius 1 is 1.33 bits per heavy atom. The second-order valence-corrected chi connectivity index (χ2v) is 2.96. The molecular weight excluding hydrogens is 196 g/mol. The molecule has 1 aromatic carbocycles. The molecule has 1 aromatic rings. The molecule has 1 rings (SSSR count). The van der Waals surface area contributed by atoms with Crippen molar-refractivity contribution in [2.75, 3.05) is 0 Å². The third-order valence-electron chi connectivity index (χ3n) is 1.81. The van der Waals surface area contributed by atoms with Crippen LogP contribution < -0.4 is 11.3 Å². The van der Waals surface area contributed by atoms with Crippen molar-refractivity contribution in [3.05, 3.63) is 35.9 Å². The maximum absolute atomic E-state index is 11.4. The monoisotopic (exact) mass is 208 g/mol. The molecule has 15 heavy (non-hydrogen) atoms. The molecule has 0 saturated heterocycles. The minimum absolute atomic E-state index is 0.329. The number of hydrogen-bond acceptors (Lipinski definition) is 5. The van der Waals surface area contributed by atoms with E-state index in [2.05, 4.69) is 10.2 Å². The van der Waals surface area contributed by atoms with Gasteiger partial charge in [-0.25, -0.2) is 15.0 Å². The van der Waals surface area contributed by atoms with E-state index in [9.17, 15) is 9.59 Å². The molecule has 5 nitrogen and oxygen atoms in total. The topological polar surface area (TPSA) is 81.4 Å². The van der Waals surface area contributed by atoms with Crippen LogP contribution in [0.4, 0.5) is 0 Å². The zero-order chi connectivity index (χ0) is 11.3. The maximum atomic E-state index is 11.4. The minimum Gasteiger partial charge on any atom is -0.388 e. The largest absolute Gasteiger partial charge is 0.388 e. The molecule has 0 saturated carbocycles. The number of rotatable bonds is 3. The summed E-state index contributed by atoms with van der Waals surface area (Å²) in [7, 11) is 0. The Hall–Kier alpha value is -1.72. The lowest BCUT2D eigenvalue weighted by Gasteiger charge is -2.08. The Kier molecular flexibility index (Phi) is 3.96. The predicted molar refractivity (Wildman–Crippen MR) is 53.6 cm³/mol. The second-order valence-electron chi connectivity index (χ2n) is 2.96. The molecule has 80 valence electrons. The van der Waals surface area contributed by atoms with E-state index >= 15 is 0 Å². The van der Waals surface area contributed by atoms with Gasteiger partial charge >= 0.3 is 11.9 Å². The minimum atomic E-state index is -0.710. The first-order valence-corrected chi connectivity index (χ1v) is 4.42. The lowest BCUT2D eigenvalue weighted by Crippen LogP contribution is -2.40. The van der Waals surface area contributed by atoms with Gasteiger partial charge in [0.2, 0.25) is 0 Å². The first-order chi connectivity index (χ1) is 7.15. The van der Waals surface area contributed by atoms with Crippen LogP contribution in [0.3, 0.4) is 0 Å². The van der Waals surface area contributed by atoms with Gasteiger partial charge in [0.15, 0.2) is 0 Å². The van der Waals surface area contributed by atoms with Crippen molar-refractivity contribution in [3.63, 3.8) is 0 Å². The van der Waals surface area contributed by atoms with Crippen LogP contribution in [0.25, 0.3) is 0 Å². The number of carbonyl (C=O) groups is 2. The maximum Gasteiger partial charge on any atom is 0.345 e. The highest BCUT2D eigenvalue weighted by Gasteiger charge is 2.17. The SMILES string of the molecule is CC(NN)C(=O)OC(=O)c1ccccc1. The fraction of sp³-hybridized carbons (Fsp3) is 0.200. The van der Waals surface area contributed by atoms with E-state index in [0.29, 0.717) is 5.56 Å². The molecule has 0 heterocycles. The quantitative estimate of drug-likeness (QED) is 0.321. The summed E-state index contributed by atoms with van der Waals surface area (Å²) < 4.78 is 4.57. The highest BCUT2D eigenvalue weighted by atomic mass is 16.6. The number of hydrazine groups is 1. The summed E-state index contributed by atoms with van der Waals surface area (Å²) in [5, 5.41) is 0. The summed E-state index contributed by atoms with van der Waals surface area (Å²) in [6.45, 7) is 1.50. The zero-order valence-corrected chi connectivity index (χ0v) is 8.27. The fourth-order valence-electron chi connectivity index (χ4n) is 0.881. The van der Waals surface area contributed by atoms with Crippen LogP contribution in [0.15, 0.2) is 30.3 Å². The molecule has 0 bridgehead atoms. The van der Waals surface area contributed by atoms with Crippen molar-refractivity contribution in [3.8, 4) is 0 Å². The van der Waals surface area contributed by atoms with Gasteiger partial charge in [-0.15, -0.1) is 0 Å². The van der Waals surface area contributed by atoms with Gasteiger partial charge in [0, 0.05) is 0 Å².